The van der Waals surface area contributed by atoms with Crippen molar-refractivity contribution in [2.45, 2.75) is 13.0 Å². The Labute approximate surface area is 132 Å². The van der Waals surface area contributed by atoms with Crippen molar-refractivity contribution in [1.82, 2.24) is 5.32 Å². The average Bonchev–Trinajstić information content (AvgIpc) is 2.58. The fourth-order valence-electron chi connectivity index (χ4n) is 2.19. The second-order valence-electron chi connectivity index (χ2n) is 4.98. The molecule has 2 aromatic carbocycles. The normalized spacial score (nSPS) is 10.2. The molecule has 22 heavy (non-hydrogen) atoms. The lowest BCUT2D eigenvalue weighted by Gasteiger charge is -2.11. The third-order valence-corrected chi connectivity index (χ3v) is 3.39. The molecule has 0 amide bonds. The first-order valence-corrected chi connectivity index (χ1v) is 7.48. The van der Waals surface area contributed by atoms with Crippen molar-refractivity contribution >= 4 is 0 Å². The van der Waals surface area contributed by atoms with E-state index in [1.54, 1.807) is 13.2 Å². The van der Waals surface area contributed by atoms with Crippen LogP contribution in [0.3, 0.4) is 0 Å². The van der Waals surface area contributed by atoms with E-state index >= 15 is 0 Å². The van der Waals surface area contributed by atoms with E-state index < -0.39 is 0 Å². The van der Waals surface area contributed by atoms with Crippen molar-refractivity contribution in [1.29, 1.82) is 0 Å². The van der Waals surface area contributed by atoms with E-state index in [-0.39, 0.29) is 0 Å². The minimum Gasteiger partial charge on any atom is -0.497 e. The van der Waals surface area contributed by atoms with Gasteiger partial charge in [0.15, 0.2) is 0 Å². The number of hydrogen-bond donors (Lipinski definition) is 1. The lowest BCUT2D eigenvalue weighted by molar-refractivity contribution is 0.358. The zero-order chi connectivity index (χ0) is 15.6. The summed E-state index contributed by atoms with van der Waals surface area (Å²) in [6.07, 6.45) is 2.74. The highest BCUT2D eigenvalue weighted by Crippen LogP contribution is 2.17. The Bertz CT molecular complexity index is 578. The molecule has 0 bridgehead atoms. The molecule has 0 saturated carbocycles. The summed E-state index contributed by atoms with van der Waals surface area (Å²) in [6.45, 7) is 5.92. The first kappa shape index (κ1) is 16.1. The van der Waals surface area contributed by atoms with Gasteiger partial charge >= 0.3 is 0 Å². The number of para-hydroxylation sites is 1. The van der Waals surface area contributed by atoms with Gasteiger partial charge in [0.2, 0.25) is 0 Å². The van der Waals surface area contributed by atoms with Gasteiger partial charge in [-0.1, -0.05) is 43.0 Å². The number of benzene rings is 2. The molecule has 0 aliphatic rings. The molecule has 0 aromatic heterocycles. The van der Waals surface area contributed by atoms with Gasteiger partial charge in [-0.15, -0.1) is 0 Å². The summed E-state index contributed by atoms with van der Waals surface area (Å²) in [4.78, 5) is 0. The summed E-state index contributed by atoms with van der Waals surface area (Å²) < 4.78 is 10.8. The van der Waals surface area contributed by atoms with Crippen molar-refractivity contribution in [2.75, 3.05) is 20.3 Å². The standard InChI is InChI=1S/C19H23NO2/c1-3-14-22-19-7-5-4-6-17(19)15-20-13-12-16-8-10-18(21-2)11-9-16/h3-11,20H,1,12-15H2,2H3. The SMILES string of the molecule is C=CCOc1ccccc1CNCCc1ccc(OC)cc1. The smallest absolute Gasteiger partial charge is 0.124 e. The molecule has 116 valence electrons. The quantitative estimate of drug-likeness (QED) is 0.567. The minimum atomic E-state index is 0.531. The number of hydrogen-bond acceptors (Lipinski definition) is 3. The molecule has 2 rings (SSSR count). The van der Waals surface area contributed by atoms with E-state index in [0.717, 1.165) is 31.0 Å². The molecular weight excluding hydrogens is 274 g/mol. The molecule has 0 fully saturated rings. The van der Waals surface area contributed by atoms with Crippen LogP contribution in [0.2, 0.25) is 0 Å². The third kappa shape index (κ3) is 4.93. The van der Waals surface area contributed by atoms with Gasteiger partial charge < -0.3 is 14.8 Å². The molecule has 2 aromatic rings. The summed E-state index contributed by atoms with van der Waals surface area (Å²) in [5.74, 6) is 1.81. The maximum atomic E-state index is 5.66. The van der Waals surface area contributed by atoms with Gasteiger partial charge in [0, 0.05) is 12.1 Å². The fourth-order valence-corrected chi connectivity index (χ4v) is 2.19. The van der Waals surface area contributed by atoms with Crippen molar-refractivity contribution in [2.24, 2.45) is 0 Å². The van der Waals surface area contributed by atoms with Crippen LogP contribution < -0.4 is 14.8 Å². The van der Waals surface area contributed by atoms with Crippen LogP contribution in [0.25, 0.3) is 0 Å². The zero-order valence-electron chi connectivity index (χ0n) is 13.0. The zero-order valence-corrected chi connectivity index (χ0v) is 13.0. The molecule has 0 saturated heterocycles. The van der Waals surface area contributed by atoms with Gasteiger partial charge in [-0.25, -0.2) is 0 Å². The maximum Gasteiger partial charge on any atom is 0.124 e. The molecule has 0 atom stereocenters. The van der Waals surface area contributed by atoms with Crippen LogP contribution in [-0.4, -0.2) is 20.3 Å². The number of nitrogens with one attached hydrogen (secondary N) is 1. The van der Waals surface area contributed by atoms with Gasteiger partial charge in [0.25, 0.3) is 0 Å². The summed E-state index contributed by atoms with van der Waals surface area (Å²) >= 11 is 0. The molecule has 0 aliphatic heterocycles. The highest BCUT2D eigenvalue weighted by Gasteiger charge is 2.02. The van der Waals surface area contributed by atoms with Crippen LogP contribution in [0.1, 0.15) is 11.1 Å². The van der Waals surface area contributed by atoms with E-state index in [1.165, 1.54) is 11.1 Å². The topological polar surface area (TPSA) is 30.5 Å². The minimum absolute atomic E-state index is 0.531. The number of methoxy groups -OCH3 is 1. The van der Waals surface area contributed by atoms with E-state index in [2.05, 4.69) is 30.1 Å². The summed E-state index contributed by atoms with van der Waals surface area (Å²) in [6, 6.07) is 16.3. The molecule has 0 unspecified atom stereocenters. The van der Waals surface area contributed by atoms with Crippen LogP contribution in [0.4, 0.5) is 0 Å². The maximum absolute atomic E-state index is 5.66. The Balaban J connectivity index is 1.79. The monoisotopic (exact) mass is 297 g/mol. The second-order valence-corrected chi connectivity index (χ2v) is 4.98. The second kappa shape index (κ2) is 8.90. The Morgan fingerprint density at radius 2 is 1.86 bits per heavy atom. The predicted octanol–water partition coefficient (Wildman–Crippen LogP) is 3.59. The van der Waals surface area contributed by atoms with Crippen LogP contribution in [-0.2, 0) is 13.0 Å². The molecule has 0 spiro atoms. The van der Waals surface area contributed by atoms with E-state index in [9.17, 15) is 0 Å². The van der Waals surface area contributed by atoms with Gasteiger partial charge in [-0.3, -0.25) is 0 Å². The first-order valence-electron chi connectivity index (χ1n) is 7.48. The average molecular weight is 297 g/mol. The van der Waals surface area contributed by atoms with Crippen LogP contribution >= 0.6 is 0 Å². The predicted molar refractivity (Wildman–Crippen MR) is 90.5 cm³/mol. The van der Waals surface area contributed by atoms with Crippen molar-refractivity contribution in [3.8, 4) is 11.5 Å². The Morgan fingerprint density at radius 1 is 1.09 bits per heavy atom. The molecule has 0 heterocycles. The molecule has 3 heteroatoms. The number of ether oxygens (including phenoxy) is 2. The van der Waals surface area contributed by atoms with E-state index in [1.807, 2.05) is 30.3 Å². The highest BCUT2D eigenvalue weighted by molar-refractivity contribution is 5.33. The molecule has 0 radical (unpaired) electrons. The van der Waals surface area contributed by atoms with Gasteiger partial charge in [-0.2, -0.15) is 0 Å². The first-order chi connectivity index (χ1) is 10.8. The van der Waals surface area contributed by atoms with Gasteiger partial charge in [0.05, 0.1) is 7.11 Å². The molecular formula is C19H23NO2. The Kier molecular flexibility index (Phi) is 6.52. The van der Waals surface area contributed by atoms with E-state index in [0.29, 0.717) is 6.61 Å². The van der Waals surface area contributed by atoms with Crippen molar-refractivity contribution in [3.05, 3.63) is 72.3 Å². The van der Waals surface area contributed by atoms with Gasteiger partial charge in [-0.05, 0) is 36.7 Å². The molecule has 3 nitrogen and oxygen atoms in total. The molecule has 1 N–H and O–H groups in total. The van der Waals surface area contributed by atoms with Crippen molar-refractivity contribution in [3.63, 3.8) is 0 Å². The number of rotatable bonds is 9. The van der Waals surface area contributed by atoms with Crippen molar-refractivity contribution < 1.29 is 9.47 Å². The Hall–Kier alpha value is -2.26. The highest BCUT2D eigenvalue weighted by atomic mass is 16.5. The lowest BCUT2D eigenvalue weighted by atomic mass is 10.1. The third-order valence-electron chi connectivity index (χ3n) is 3.39. The summed E-state index contributed by atoms with van der Waals surface area (Å²) in [5, 5.41) is 3.46. The van der Waals surface area contributed by atoms with Crippen LogP contribution in [0.15, 0.2) is 61.2 Å². The van der Waals surface area contributed by atoms with E-state index in [4.69, 9.17) is 9.47 Å². The Morgan fingerprint density at radius 3 is 2.59 bits per heavy atom. The fraction of sp³-hybridized carbons (Fsp3) is 0.263. The van der Waals surface area contributed by atoms with Gasteiger partial charge in [0.1, 0.15) is 18.1 Å². The largest absolute Gasteiger partial charge is 0.497 e. The summed E-state index contributed by atoms with van der Waals surface area (Å²) in [5.41, 5.74) is 2.46. The van der Waals surface area contributed by atoms with Crippen LogP contribution in [0.5, 0.6) is 11.5 Å². The lowest BCUT2D eigenvalue weighted by Crippen LogP contribution is -2.17. The molecule has 0 aliphatic carbocycles. The van der Waals surface area contributed by atoms with Crippen LogP contribution in [0, 0.1) is 0 Å². The summed E-state index contributed by atoms with van der Waals surface area (Å²) in [7, 11) is 1.68.